The lowest BCUT2D eigenvalue weighted by atomic mass is 9.42. The van der Waals surface area contributed by atoms with Gasteiger partial charge in [0.1, 0.15) is 5.78 Å². The first-order chi connectivity index (χ1) is 16.8. The molecule has 5 aliphatic rings. The van der Waals surface area contributed by atoms with E-state index in [-0.39, 0.29) is 55.7 Å². The van der Waals surface area contributed by atoms with E-state index in [0.717, 1.165) is 32.1 Å². The van der Waals surface area contributed by atoms with Crippen molar-refractivity contribution in [2.75, 3.05) is 0 Å². The van der Waals surface area contributed by atoms with Crippen molar-refractivity contribution in [3.8, 4) is 0 Å². The number of carbonyl (C=O) groups is 1. The van der Waals surface area contributed by atoms with Crippen LogP contribution in [0.3, 0.4) is 0 Å². The van der Waals surface area contributed by atoms with Crippen LogP contribution in [0.15, 0.2) is 0 Å². The van der Waals surface area contributed by atoms with Gasteiger partial charge in [-0.1, -0.05) is 63.6 Å². The van der Waals surface area contributed by atoms with E-state index >= 15 is 0 Å². The van der Waals surface area contributed by atoms with Crippen LogP contribution in [0.25, 0.3) is 0 Å². The molecule has 1 saturated heterocycles. The fourth-order valence-electron chi connectivity index (χ4n) is 10.0. The summed E-state index contributed by atoms with van der Waals surface area (Å²) in [6.45, 7) is 11.0. The minimum Gasteiger partial charge on any atom is -0.393 e. The third-order valence-corrected chi connectivity index (χ3v) is 14.8. The van der Waals surface area contributed by atoms with Crippen molar-refractivity contribution >= 4 is 28.4 Å². The summed E-state index contributed by atoms with van der Waals surface area (Å²) in [6, 6.07) is 0. The van der Waals surface area contributed by atoms with Crippen molar-refractivity contribution in [1.82, 2.24) is 0 Å². The standard InChI is InChI=1S/C29H47IO6/c1-14(2)16-11-20(36-21(33)12-16)15(3)29(30)13-19(32)23-22-17(8-10-28(23,29)5)27(4)9-6-7-18(31)24(27)26(35)25(22)34/h14-18,20-26,31,33-35H,6-13H2,1-5H3/t15-,16-,17?,18+,20-,21?,22-,23-,24?,25-,26-,27-,28+,29?/m1/s1. The Kier molecular flexibility index (Phi) is 7.24. The summed E-state index contributed by atoms with van der Waals surface area (Å²) in [6.07, 6.45) is 2.80. The third kappa shape index (κ3) is 3.83. The summed E-state index contributed by atoms with van der Waals surface area (Å²) >= 11 is 2.54. The van der Waals surface area contributed by atoms with Crippen LogP contribution in [0.2, 0.25) is 0 Å². The highest BCUT2D eigenvalue weighted by Gasteiger charge is 2.72. The van der Waals surface area contributed by atoms with E-state index in [1.807, 2.05) is 0 Å². The Morgan fingerprint density at radius 2 is 1.69 bits per heavy atom. The Bertz CT molecular complexity index is 867. The molecule has 1 heterocycles. The SMILES string of the molecule is CC(C)[C@H]1CC(O)O[C@@H]([C@@H](C)C2(I)CC(=O)[C@@H]3[C@H]4C(CC[C@@]32C)[C@@]2(C)CCC[C@H](O)C2[C@@H](O)[C@@H]4O)C1. The smallest absolute Gasteiger partial charge is 0.155 e. The van der Waals surface area contributed by atoms with Crippen molar-refractivity contribution in [1.29, 1.82) is 0 Å². The zero-order valence-corrected chi connectivity index (χ0v) is 24.7. The van der Waals surface area contributed by atoms with Crippen molar-refractivity contribution in [2.24, 2.45) is 52.3 Å². The van der Waals surface area contributed by atoms with Crippen LogP contribution in [0.4, 0.5) is 0 Å². The van der Waals surface area contributed by atoms with E-state index in [1.165, 1.54) is 0 Å². The van der Waals surface area contributed by atoms with Crippen LogP contribution >= 0.6 is 22.6 Å². The largest absolute Gasteiger partial charge is 0.393 e. The molecule has 0 radical (unpaired) electrons. The summed E-state index contributed by atoms with van der Waals surface area (Å²) in [5.41, 5.74) is -0.604. The van der Waals surface area contributed by atoms with E-state index in [1.54, 1.807) is 0 Å². The Labute approximate surface area is 230 Å². The van der Waals surface area contributed by atoms with Gasteiger partial charge >= 0.3 is 0 Å². The number of aliphatic hydroxyl groups excluding tert-OH is 4. The van der Waals surface area contributed by atoms with Gasteiger partial charge in [0.15, 0.2) is 6.29 Å². The van der Waals surface area contributed by atoms with Crippen LogP contribution < -0.4 is 0 Å². The fourth-order valence-corrected chi connectivity index (χ4v) is 11.4. The predicted molar refractivity (Wildman–Crippen MR) is 145 cm³/mol. The summed E-state index contributed by atoms with van der Waals surface area (Å²) in [7, 11) is 0. The average Bonchev–Trinajstić information content (AvgIpc) is 3.02. The maximum Gasteiger partial charge on any atom is 0.155 e. The normalized spacial score (nSPS) is 56.1. The first-order valence-electron chi connectivity index (χ1n) is 14.4. The van der Waals surface area contributed by atoms with E-state index < -0.39 is 24.6 Å². The molecule has 4 unspecified atom stereocenters. The molecule has 36 heavy (non-hydrogen) atoms. The number of halogens is 1. The highest BCUT2D eigenvalue weighted by Crippen LogP contribution is 2.70. The van der Waals surface area contributed by atoms with Crippen molar-refractivity contribution in [3.05, 3.63) is 0 Å². The van der Waals surface area contributed by atoms with Gasteiger partial charge in [0.2, 0.25) is 0 Å². The number of alkyl halides is 1. The van der Waals surface area contributed by atoms with Gasteiger partial charge in [-0.15, -0.1) is 0 Å². The van der Waals surface area contributed by atoms with E-state index in [9.17, 15) is 25.2 Å². The molecule has 6 nitrogen and oxygen atoms in total. The number of fused-ring (bicyclic) bond motifs is 5. The number of ketones is 1. The van der Waals surface area contributed by atoms with E-state index in [2.05, 4.69) is 57.2 Å². The molecule has 1 aliphatic heterocycles. The first kappa shape index (κ1) is 27.8. The van der Waals surface area contributed by atoms with Crippen LogP contribution in [-0.2, 0) is 9.53 Å². The zero-order chi connectivity index (χ0) is 26.4. The number of aliphatic hydroxyl groups is 4. The minimum absolute atomic E-state index is 0.0651. The number of Topliss-reactive ketones (excluding diaryl/α,β-unsaturated/α-hetero) is 1. The lowest BCUT2D eigenvalue weighted by Crippen LogP contribution is -2.67. The van der Waals surface area contributed by atoms with Gasteiger partial charge in [0.25, 0.3) is 0 Å². The summed E-state index contributed by atoms with van der Waals surface area (Å²) in [4.78, 5) is 14.0. The summed E-state index contributed by atoms with van der Waals surface area (Å²) in [5, 5.41) is 44.2. The fraction of sp³-hybridized carbons (Fsp3) is 0.966. The number of ether oxygens (including phenoxy) is 1. The summed E-state index contributed by atoms with van der Waals surface area (Å²) < 4.78 is 5.78. The topological polar surface area (TPSA) is 107 Å². The Morgan fingerprint density at radius 1 is 1.00 bits per heavy atom. The molecule has 0 aromatic heterocycles. The van der Waals surface area contributed by atoms with Gasteiger partial charge in [0, 0.05) is 34.0 Å². The lowest BCUT2D eigenvalue weighted by molar-refractivity contribution is -0.235. The molecule has 14 atom stereocenters. The number of hydrogen-bond donors (Lipinski definition) is 4. The van der Waals surface area contributed by atoms with Gasteiger partial charge in [-0.3, -0.25) is 4.79 Å². The molecule has 4 aliphatic carbocycles. The molecule has 5 fully saturated rings. The number of hydrogen-bond acceptors (Lipinski definition) is 6. The van der Waals surface area contributed by atoms with Crippen LogP contribution in [0.1, 0.15) is 86.0 Å². The zero-order valence-electron chi connectivity index (χ0n) is 22.6. The van der Waals surface area contributed by atoms with Gasteiger partial charge in [-0.25, -0.2) is 0 Å². The molecular weight excluding hydrogens is 571 g/mol. The molecule has 4 N–H and O–H groups in total. The molecule has 0 aromatic rings. The highest BCUT2D eigenvalue weighted by molar-refractivity contribution is 14.1. The van der Waals surface area contributed by atoms with Crippen LogP contribution in [0.5, 0.6) is 0 Å². The Balaban J connectivity index is 1.48. The molecule has 0 amide bonds. The second-order valence-electron chi connectivity index (χ2n) is 14.0. The molecule has 0 spiro atoms. The van der Waals surface area contributed by atoms with E-state index in [0.29, 0.717) is 31.1 Å². The Morgan fingerprint density at radius 3 is 2.36 bits per heavy atom. The number of rotatable bonds is 3. The first-order valence-corrected chi connectivity index (χ1v) is 15.4. The van der Waals surface area contributed by atoms with Crippen molar-refractivity contribution < 1.29 is 30.0 Å². The number of carbonyl (C=O) groups excluding carboxylic acids is 1. The highest BCUT2D eigenvalue weighted by atomic mass is 127. The van der Waals surface area contributed by atoms with Gasteiger partial charge < -0.3 is 25.2 Å². The van der Waals surface area contributed by atoms with Crippen LogP contribution in [-0.4, -0.2) is 60.3 Å². The van der Waals surface area contributed by atoms with Crippen molar-refractivity contribution in [3.63, 3.8) is 0 Å². The molecule has 5 rings (SSSR count). The lowest BCUT2D eigenvalue weighted by Gasteiger charge is -2.64. The monoisotopic (exact) mass is 618 g/mol. The van der Waals surface area contributed by atoms with Gasteiger partial charge in [0.05, 0.1) is 24.4 Å². The maximum atomic E-state index is 14.0. The quantitative estimate of drug-likeness (QED) is 0.281. The second kappa shape index (κ2) is 9.39. The minimum atomic E-state index is -1.01. The second-order valence-corrected chi connectivity index (χ2v) is 15.9. The Hall–Kier alpha value is 0.200. The molecular formula is C29H47IO6. The average molecular weight is 619 g/mol. The molecule has 7 heteroatoms. The van der Waals surface area contributed by atoms with Crippen LogP contribution in [0, 0.1) is 52.3 Å². The molecule has 0 bridgehead atoms. The maximum absolute atomic E-state index is 14.0. The third-order valence-electron chi connectivity index (χ3n) is 12.2. The van der Waals surface area contributed by atoms with E-state index in [4.69, 9.17) is 4.74 Å². The molecule has 4 saturated carbocycles. The molecule has 0 aromatic carbocycles. The summed E-state index contributed by atoms with van der Waals surface area (Å²) in [5.74, 6) is 0.301. The van der Waals surface area contributed by atoms with Gasteiger partial charge in [-0.05, 0) is 66.6 Å². The van der Waals surface area contributed by atoms with Crippen molar-refractivity contribution in [2.45, 2.75) is 120 Å². The van der Waals surface area contributed by atoms with Gasteiger partial charge in [-0.2, -0.15) is 0 Å². The molecule has 206 valence electrons. The predicted octanol–water partition coefficient (Wildman–Crippen LogP) is 4.09.